The Balaban J connectivity index is 2.44. The fourth-order valence-corrected chi connectivity index (χ4v) is 3.38. The van der Waals surface area contributed by atoms with E-state index in [1.54, 1.807) is 12.0 Å². The zero-order valence-corrected chi connectivity index (χ0v) is 16.0. The second-order valence-corrected chi connectivity index (χ2v) is 7.83. The molecule has 0 saturated carbocycles. The predicted octanol–water partition coefficient (Wildman–Crippen LogP) is 2.11. The van der Waals surface area contributed by atoms with E-state index in [9.17, 15) is 9.90 Å². The fourth-order valence-electron chi connectivity index (χ4n) is 3.38. The maximum absolute atomic E-state index is 12.2. The Hall–Kier alpha value is -0.850. The molecule has 0 aromatic carbocycles. The Morgan fingerprint density at radius 3 is 2.62 bits per heavy atom. The molecule has 0 aromatic heterocycles. The SMILES string of the molecule is COCCNCCC(CO)C1CCN(C(=O)OC(C)(C)C)CC1C. The third-order valence-electron chi connectivity index (χ3n) is 4.64. The van der Waals surface area contributed by atoms with Crippen LogP contribution in [0.1, 0.15) is 40.5 Å². The molecule has 0 bridgehead atoms. The molecule has 0 radical (unpaired) electrons. The van der Waals surface area contributed by atoms with Crippen LogP contribution in [0.25, 0.3) is 0 Å². The highest BCUT2D eigenvalue weighted by Gasteiger charge is 2.34. The maximum atomic E-state index is 12.2. The van der Waals surface area contributed by atoms with Gasteiger partial charge in [-0.1, -0.05) is 6.92 Å². The van der Waals surface area contributed by atoms with E-state index >= 15 is 0 Å². The molecule has 6 heteroatoms. The van der Waals surface area contributed by atoms with E-state index in [0.29, 0.717) is 31.5 Å². The Labute approximate surface area is 146 Å². The molecule has 1 saturated heterocycles. The average Bonchev–Trinajstić information content (AvgIpc) is 2.50. The van der Waals surface area contributed by atoms with Gasteiger partial charge in [0, 0.05) is 33.4 Å². The van der Waals surface area contributed by atoms with Crippen LogP contribution in [0.4, 0.5) is 4.79 Å². The molecular formula is C18H36N2O4. The first-order valence-corrected chi connectivity index (χ1v) is 9.07. The van der Waals surface area contributed by atoms with Crippen LogP contribution in [0.5, 0.6) is 0 Å². The normalized spacial score (nSPS) is 23.2. The van der Waals surface area contributed by atoms with E-state index in [0.717, 1.165) is 25.9 Å². The molecule has 0 aliphatic carbocycles. The number of ether oxygens (including phenoxy) is 2. The minimum Gasteiger partial charge on any atom is -0.444 e. The lowest BCUT2D eigenvalue weighted by Crippen LogP contribution is -2.47. The molecule has 3 unspecified atom stereocenters. The molecule has 2 N–H and O–H groups in total. The topological polar surface area (TPSA) is 71.0 Å². The minimum absolute atomic E-state index is 0.202. The van der Waals surface area contributed by atoms with Crippen molar-refractivity contribution in [1.29, 1.82) is 0 Å². The first-order chi connectivity index (χ1) is 11.3. The summed E-state index contributed by atoms with van der Waals surface area (Å²) in [4.78, 5) is 14.0. The molecule has 1 aliphatic rings. The zero-order valence-electron chi connectivity index (χ0n) is 16.0. The summed E-state index contributed by atoms with van der Waals surface area (Å²) in [5, 5.41) is 13.1. The molecule has 0 aromatic rings. The lowest BCUT2D eigenvalue weighted by atomic mass is 9.76. The molecule has 1 aliphatic heterocycles. The lowest BCUT2D eigenvalue weighted by Gasteiger charge is -2.40. The highest BCUT2D eigenvalue weighted by Crippen LogP contribution is 2.32. The van der Waals surface area contributed by atoms with Gasteiger partial charge in [-0.25, -0.2) is 4.79 Å². The van der Waals surface area contributed by atoms with E-state index < -0.39 is 5.60 Å². The van der Waals surface area contributed by atoms with Crippen LogP contribution < -0.4 is 5.32 Å². The number of rotatable bonds is 8. The number of likely N-dealkylation sites (tertiary alicyclic amines) is 1. The number of hydrogen-bond acceptors (Lipinski definition) is 5. The fraction of sp³-hybridized carbons (Fsp3) is 0.944. The van der Waals surface area contributed by atoms with Crippen LogP contribution in [-0.2, 0) is 9.47 Å². The highest BCUT2D eigenvalue weighted by atomic mass is 16.6. The van der Waals surface area contributed by atoms with Gasteiger partial charge in [0.1, 0.15) is 5.60 Å². The number of amides is 1. The van der Waals surface area contributed by atoms with Crippen molar-refractivity contribution in [3.05, 3.63) is 0 Å². The largest absolute Gasteiger partial charge is 0.444 e. The lowest BCUT2D eigenvalue weighted by molar-refractivity contribution is 0.00270. The van der Waals surface area contributed by atoms with Gasteiger partial charge in [-0.15, -0.1) is 0 Å². The van der Waals surface area contributed by atoms with Crippen LogP contribution in [0.2, 0.25) is 0 Å². The predicted molar refractivity (Wildman–Crippen MR) is 95.0 cm³/mol. The molecular weight excluding hydrogens is 308 g/mol. The third kappa shape index (κ3) is 7.36. The number of methoxy groups -OCH3 is 1. The summed E-state index contributed by atoms with van der Waals surface area (Å²) in [5.41, 5.74) is -0.460. The number of aliphatic hydroxyl groups is 1. The van der Waals surface area contributed by atoms with Gasteiger partial charge in [0.2, 0.25) is 0 Å². The van der Waals surface area contributed by atoms with Gasteiger partial charge in [-0.2, -0.15) is 0 Å². The first kappa shape index (κ1) is 21.2. The monoisotopic (exact) mass is 344 g/mol. The Kier molecular flexibility index (Phi) is 9.02. The Bertz CT molecular complexity index is 371. The van der Waals surface area contributed by atoms with Crippen LogP contribution >= 0.6 is 0 Å². The summed E-state index contributed by atoms with van der Waals surface area (Å²) in [6.45, 7) is 11.9. The van der Waals surface area contributed by atoms with Crippen molar-refractivity contribution < 1.29 is 19.4 Å². The van der Waals surface area contributed by atoms with Crippen molar-refractivity contribution in [2.45, 2.75) is 46.1 Å². The van der Waals surface area contributed by atoms with Crippen molar-refractivity contribution in [2.24, 2.45) is 17.8 Å². The van der Waals surface area contributed by atoms with E-state index in [-0.39, 0.29) is 18.6 Å². The Morgan fingerprint density at radius 2 is 2.08 bits per heavy atom. The second kappa shape index (κ2) is 10.2. The number of nitrogens with zero attached hydrogens (tertiary/aromatic N) is 1. The van der Waals surface area contributed by atoms with E-state index in [1.165, 1.54) is 0 Å². The van der Waals surface area contributed by atoms with Crippen LogP contribution in [-0.4, -0.2) is 68.2 Å². The molecule has 1 amide bonds. The van der Waals surface area contributed by atoms with Crippen molar-refractivity contribution in [2.75, 3.05) is 46.5 Å². The van der Waals surface area contributed by atoms with E-state index in [1.807, 2.05) is 20.8 Å². The van der Waals surface area contributed by atoms with Gasteiger partial charge >= 0.3 is 6.09 Å². The molecule has 1 heterocycles. The van der Waals surface area contributed by atoms with Gasteiger partial charge < -0.3 is 24.8 Å². The van der Waals surface area contributed by atoms with Crippen molar-refractivity contribution in [1.82, 2.24) is 10.2 Å². The van der Waals surface area contributed by atoms with E-state index in [2.05, 4.69) is 12.2 Å². The van der Waals surface area contributed by atoms with Gasteiger partial charge in [-0.05, 0) is 57.9 Å². The summed E-state index contributed by atoms with van der Waals surface area (Å²) in [7, 11) is 1.69. The molecule has 0 spiro atoms. The number of nitrogens with one attached hydrogen (secondary N) is 1. The van der Waals surface area contributed by atoms with Crippen LogP contribution in [0, 0.1) is 17.8 Å². The molecule has 24 heavy (non-hydrogen) atoms. The Morgan fingerprint density at radius 1 is 1.38 bits per heavy atom. The number of aliphatic hydroxyl groups excluding tert-OH is 1. The van der Waals surface area contributed by atoms with Crippen molar-refractivity contribution in [3.8, 4) is 0 Å². The quantitative estimate of drug-likeness (QED) is 0.660. The minimum atomic E-state index is -0.460. The van der Waals surface area contributed by atoms with Gasteiger partial charge in [-0.3, -0.25) is 0 Å². The van der Waals surface area contributed by atoms with Gasteiger partial charge in [0.25, 0.3) is 0 Å². The molecule has 1 fully saturated rings. The summed E-state index contributed by atoms with van der Waals surface area (Å²) in [5.74, 6) is 1.08. The maximum Gasteiger partial charge on any atom is 0.410 e. The molecule has 6 nitrogen and oxygen atoms in total. The average molecular weight is 344 g/mol. The van der Waals surface area contributed by atoms with Crippen molar-refractivity contribution >= 4 is 6.09 Å². The first-order valence-electron chi connectivity index (χ1n) is 9.07. The van der Waals surface area contributed by atoms with Crippen LogP contribution in [0.3, 0.4) is 0 Å². The van der Waals surface area contributed by atoms with Gasteiger partial charge in [0.05, 0.1) is 6.61 Å². The summed E-state index contributed by atoms with van der Waals surface area (Å²) in [6, 6.07) is 0. The molecule has 142 valence electrons. The summed E-state index contributed by atoms with van der Waals surface area (Å²) < 4.78 is 10.5. The molecule has 1 rings (SSSR count). The van der Waals surface area contributed by atoms with E-state index in [4.69, 9.17) is 9.47 Å². The third-order valence-corrected chi connectivity index (χ3v) is 4.64. The number of piperidine rings is 1. The number of hydrogen-bond donors (Lipinski definition) is 2. The molecule has 3 atom stereocenters. The number of carbonyl (C=O) groups excluding carboxylic acids is 1. The standard InChI is InChI=1S/C18H36N2O4/c1-14-12-20(17(22)24-18(2,3)4)10-7-16(14)15(13-21)6-8-19-9-11-23-5/h14-16,19,21H,6-13H2,1-5H3. The number of carbonyl (C=O) groups is 1. The van der Waals surface area contributed by atoms with Crippen molar-refractivity contribution in [3.63, 3.8) is 0 Å². The van der Waals surface area contributed by atoms with Crippen LogP contribution in [0.15, 0.2) is 0 Å². The second-order valence-electron chi connectivity index (χ2n) is 7.83. The summed E-state index contributed by atoms with van der Waals surface area (Å²) >= 11 is 0. The smallest absolute Gasteiger partial charge is 0.410 e. The zero-order chi connectivity index (χ0) is 18.2. The van der Waals surface area contributed by atoms with Gasteiger partial charge in [0.15, 0.2) is 0 Å². The summed E-state index contributed by atoms with van der Waals surface area (Å²) in [6.07, 6.45) is 1.64. The highest BCUT2D eigenvalue weighted by molar-refractivity contribution is 5.68.